The largest absolute Gasteiger partial charge is 0.477 e. The van der Waals surface area contributed by atoms with Gasteiger partial charge in [-0.2, -0.15) is 0 Å². The number of ether oxygens (including phenoxy) is 1. The number of hydrogen-bond donors (Lipinski definition) is 0. The molecule has 2 heteroatoms. The van der Waals surface area contributed by atoms with Gasteiger partial charge in [0.15, 0.2) is 0 Å². The van der Waals surface area contributed by atoms with Gasteiger partial charge in [0.1, 0.15) is 0 Å². The van der Waals surface area contributed by atoms with Crippen molar-refractivity contribution in [3.63, 3.8) is 0 Å². The Bertz CT molecular complexity index is 288. The van der Waals surface area contributed by atoms with Gasteiger partial charge >= 0.3 is 0 Å². The Balaban J connectivity index is 1.91. The second-order valence-electron chi connectivity index (χ2n) is 4.34. The average molecular weight is 191 g/mol. The molecular formula is C12H17NO. The molecule has 1 aromatic heterocycles. The van der Waals surface area contributed by atoms with E-state index in [9.17, 15) is 0 Å². The molecule has 0 bridgehead atoms. The quantitative estimate of drug-likeness (QED) is 0.730. The lowest BCUT2D eigenvalue weighted by Crippen LogP contribution is -2.01. The van der Waals surface area contributed by atoms with E-state index in [1.807, 2.05) is 12.3 Å². The van der Waals surface area contributed by atoms with Crippen LogP contribution in [0.1, 0.15) is 38.2 Å². The molecule has 1 aromatic rings. The van der Waals surface area contributed by atoms with Crippen LogP contribution < -0.4 is 4.74 Å². The first-order valence-corrected chi connectivity index (χ1v) is 5.34. The summed E-state index contributed by atoms with van der Waals surface area (Å²) >= 11 is 0. The summed E-state index contributed by atoms with van der Waals surface area (Å²) in [6, 6.07) is 4.07. The first-order valence-electron chi connectivity index (χ1n) is 5.34. The summed E-state index contributed by atoms with van der Waals surface area (Å²) < 4.78 is 5.55. The minimum atomic E-state index is 0.542. The summed E-state index contributed by atoms with van der Waals surface area (Å²) in [7, 11) is 0. The molecule has 0 N–H and O–H groups in total. The molecule has 0 saturated heterocycles. The van der Waals surface area contributed by atoms with Crippen LogP contribution >= 0.6 is 0 Å². The summed E-state index contributed by atoms with van der Waals surface area (Å²) in [4.78, 5) is 4.28. The second kappa shape index (κ2) is 3.99. The van der Waals surface area contributed by atoms with Crippen molar-refractivity contribution in [1.29, 1.82) is 0 Å². The van der Waals surface area contributed by atoms with E-state index < -0.39 is 0 Å². The fourth-order valence-electron chi connectivity index (χ4n) is 1.31. The lowest BCUT2D eigenvalue weighted by Gasteiger charge is -2.07. The van der Waals surface area contributed by atoms with Crippen LogP contribution in [0.15, 0.2) is 18.3 Å². The molecule has 0 spiro atoms. The van der Waals surface area contributed by atoms with E-state index in [2.05, 4.69) is 24.9 Å². The highest BCUT2D eigenvalue weighted by Crippen LogP contribution is 2.29. The third-order valence-electron chi connectivity index (χ3n) is 2.59. The molecule has 0 radical (unpaired) electrons. The predicted molar refractivity (Wildman–Crippen MR) is 56.5 cm³/mol. The maximum atomic E-state index is 5.55. The van der Waals surface area contributed by atoms with Gasteiger partial charge in [0.05, 0.1) is 6.61 Å². The monoisotopic (exact) mass is 191 g/mol. The van der Waals surface area contributed by atoms with Crippen LogP contribution in [0.25, 0.3) is 0 Å². The molecule has 0 unspecified atom stereocenters. The van der Waals surface area contributed by atoms with Crippen molar-refractivity contribution in [3.8, 4) is 5.88 Å². The topological polar surface area (TPSA) is 22.1 Å². The molecule has 0 atom stereocenters. The zero-order valence-corrected chi connectivity index (χ0v) is 8.86. The fraction of sp³-hybridized carbons (Fsp3) is 0.583. The lowest BCUT2D eigenvalue weighted by atomic mass is 10.1. The second-order valence-corrected chi connectivity index (χ2v) is 4.34. The zero-order chi connectivity index (χ0) is 9.97. The molecular weight excluding hydrogens is 174 g/mol. The summed E-state index contributed by atoms with van der Waals surface area (Å²) in [5.41, 5.74) is 1.27. The molecule has 1 heterocycles. The van der Waals surface area contributed by atoms with Gasteiger partial charge in [-0.3, -0.25) is 0 Å². The van der Waals surface area contributed by atoms with Gasteiger partial charge in [0.25, 0.3) is 0 Å². The number of hydrogen-bond acceptors (Lipinski definition) is 2. The van der Waals surface area contributed by atoms with Crippen molar-refractivity contribution < 1.29 is 4.74 Å². The van der Waals surface area contributed by atoms with E-state index in [1.54, 1.807) is 0 Å². The first-order chi connectivity index (χ1) is 6.75. The van der Waals surface area contributed by atoms with Crippen LogP contribution in [-0.4, -0.2) is 11.6 Å². The van der Waals surface area contributed by atoms with Crippen molar-refractivity contribution in [2.24, 2.45) is 5.92 Å². The Morgan fingerprint density at radius 2 is 2.21 bits per heavy atom. The molecule has 1 saturated carbocycles. The number of nitrogens with zero attached hydrogens (tertiary/aromatic N) is 1. The van der Waals surface area contributed by atoms with E-state index >= 15 is 0 Å². The minimum Gasteiger partial charge on any atom is -0.477 e. The smallest absolute Gasteiger partial charge is 0.213 e. The van der Waals surface area contributed by atoms with Crippen LogP contribution in [0.2, 0.25) is 0 Å². The highest BCUT2D eigenvalue weighted by molar-refractivity contribution is 5.20. The Morgan fingerprint density at radius 3 is 2.71 bits per heavy atom. The third kappa shape index (κ3) is 2.47. The standard InChI is InChI=1S/C12H17NO/c1-9(2)11-5-6-12(13-7-11)14-8-10-3-4-10/h5-7,9-10H,3-4,8H2,1-2H3. The van der Waals surface area contributed by atoms with Gasteiger partial charge in [-0.1, -0.05) is 19.9 Å². The first kappa shape index (κ1) is 9.50. The van der Waals surface area contributed by atoms with Crippen molar-refractivity contribution in [3.05, 3.63) is 23.9 Å². The van der Waals surface area contributed by atoms with Crippen molar-refractivity contribution in [2.45, 2.75) is 32.6 Å². The van der Waals surface area contributed by atoms with Gasteiger partial charge in [-0.05, 0) is 30.2 Å². The maximum Gasteiger partial charge on any atom is 0.213 e. The molecule has 0 aromatic carbocycles. The average Bonchev–Trinajstić information content (AvgIpc) is 2.99. The van der Waals surface area contributed by atoms with Gasteiger partial charge in [0, 0.05) is 12.3 Å². The van der Waals surface area contributed by atoms with E-state index in [0.717, 1.165) is 18.4 Å². The Hall–Kier alpha value is -1.05. The van der Waals surface area contributed by atoms with E-state index in [-0.39, 0.29) is 0 Å². The molecule has 1 aliphatic carbocycles. The SMILES string of the molecule is CC(C)c1ccc(OCC2CC2)nc1. The van der Waals surface area contributed by atoms with E-state index in [0.29, 0.717) is 5.92 Å². The summed E-state index contributed by atoms with van der Waals surface area (Å²) in [6.45, 7) is 5.18. The van der Waals surface area contributed by atoms with Crippen LogP contribution in [0, 0.1) is 5.92 Å². The van der Waals surface area contributed by atoms with Gasteiger partial charge in [0.2, 0.25) is 5.88 Å². The van der Waals surface area contributed by atoms with Gasteiger partial charge in [-0.25, -0.2) is 4.98 Å². The van der Waals surface area contributed by atoms with Crippen LogP contribution in [0.4, 0.5) is 0 Å². The van der Waals surface area contributed by atoms with Crippen molar-refractivity contribution >= 4 is 0 Å². The van der Waals surface area contributed by atoms with E-state index in [1.165, 1.54) is 18.4 Å². The van der Waals surface area contributed by atoms with Crippen molar-refractivity contribution in [2.75, 3.05) is 6.61 Å². The molecule has 14 heavy (non-hydrogen) atoms. The maximum absolute atomic E-state index is 5.55. The molecule has 0 amide bonds. The molecule has 2 nitrogen and oxygen atoms in total. The van der Waals surface area contributed by atoms with E-state index in [4.69, 9.17) is 4.74 Å². The Morgan fingerprint density at radius 1 is 1.43 bits per heavy atom. The number of pyridine rings is 1. The summed E-state index contributed by atoms with van der Waals surface area (Å²) in [6.07, 6.45) is 4.56. The van der Waals surface area contributed by atoms with Gasteiger partial charge in [-0.15, -0.1) is 0 Å². The molecule has 1 fully saturated rings. The van der Waals surface area contributed by atoms with Crippen molar-refractivity contribution in [1.82, 2.24) is 4.98 Å². The minimum absolute atomic E-state index is 0.542. The van der Waals surface area contributed by atoms with Crippen LogP contribution in [0.3, 0.4) is 0 Å². The summed E-state index contributed by atoms with van der Waals surface area (Å²) in [5.74, 6) is 2.10. The number of aromatic nitrogens is 1. The molecule has 2 rings (SSSR count). The Labute approximate surface area is 85.3 Å². The lowest BCUT2D eigenvalue weighted by molar-refractivity contribution is 0.288. The normalized spacial score (nSPS) is 15.9. The number of rotatable bonds is 4. The Kier molecular flexibility index (Phi) is 2.71. The summed E-state index contributed by atoms with van der Waals surface area (Å²) in [5, 5.41) is 0. The zero-order valence-electron chi connectivity index (χ0n) is 8.86. The highest BCUT2D eigenvalue weighted by Gasteiger charge is 2.21. The highest BCUT2D eigenvalue weighted by atomic mass is 16.5. The van der Waals surface area contributed by atoms with Gasteiger partial charge < -0.3 is 4.74 Å². The molecule has 0 aliphatic heterocycles. The molecule has 1 aliphatic rings. The van der Waals surface area contributed by atoms with Crippen LogP contribution in [-0.2, 0) is 0 Å². The predicted octanol–water partition coefficient (Wildman–Crippen LogP) is 2.99. The third-order valence-corrected chi connectivity index (χ3v) is 2.59. The fourth-order valence-corrected chi connectivity index (χ4v) is 1.31. The molecule has 76 valence electrons. The van der Waals surface area contributed by atoms with Crippen LogP contribution in [0.5, 0.6) is 5.88 Å².